The summed E-state index contributed by atoms with van der Waals surface area (Å²) in [5.41, 5.74) is 1.77. The lowest BCUT2D eigenvalue weighted by atomic mass is 9.91. The minimum atomic E-state index is -0.102. The van der Waals surface area contributed by atoms with E-state index in [1.165, 1.54) is 6.33 Å². The second-order valence-corrected chi connectivity index (χ2v) is 7.54. The predicted molar refractivity (Wildman–Crippen MR) is 99.4 cm³/mol. The molecule has 4 rings (SSSR count). The van der Waals surface area contributed by atoms with Gasteiger partial charge in [0, 0.05) is 56.2 Å². The van der Waals surface area contributed by atoms with Crippen LogP contribution in [0.2, 0.25) is 0 Å². The van der Waals surface area contributed by atoms with Crippen molar-refractivity contribution in [1.82, 2.24) is 29.2 Å². The number of rotatable bonds is 5. The van der Waals surface area contributed by atoms with E-state index in [1.54, 1.807) is 11.0 Å². The third-order valence-corrected chi connectivity index (χ3v) is 5.73. The molecular weight excluding hydrogens is 344 g/mol. The summed E-state index contributed by atoms with van der Waals surface area (Å²) in [6.45, 7) is 5.03. The molecule has 0 radical (unpaired) electrons. The van der Waals surface area contributed by atoms with Crippen LogP contribution in [-0.2, 0) is 24.3 Å². The van der Waals surface area contributed by atoms with E-state index in [9.17, 15) is 9.59 Å². The summed E-state index contributed by atoms with van der Waals surface area (Å²) in [7, 11) is 0. The van der Waals surface area contributed by atoms with Crippen LogP contribution < -0.4 is 5.56 Å². The fraction of sp³-hybridized carbons (Fsp3) is 0.632. The average Bonchev–Trinajstić information content (AvgIpc) is 3.34. The van der Waals surface area contributed by atoms with Gasteiger partial charge in [-0.2, -0.15) is 10.1 Å². The summed E-state index contributed by atoms with van der Waals surface area (Å²) >= 11 is 0. The molecule has 0 unspecified atom stereocenters. The SMILES string of the molecule is Cc1c([C@@H]2CCCN(C(=O)CCCn3cncn3)C2)n2c(nc1=O)CCC2. The molecule has 2 aliphatic rings. The number of likely N-dealkylation sites (tertiary alicyclic amines) is 1. The molecule has 1 atom stereocenters. The van der Waals surface area contributed by atoms with Gasteiger partial charge in [0.05, 0.1) is 0 Å². The van der Waals surface area contributed by atoms with Crippen molar-refractivity contribution < 1.29 is 4.79 Å². The minimum Gasteiger partial charge on any atom is -0.342 e. The number of aromatic nitrogens is 5. The van der Waals surface area contributed by atoms with Crippen molar-refractivity contribution in [3.8, 4) is 0 Å². The van der Waals surface area contributed by atoms with Crippen molar-refractivity contribution in [3.05, 3.63) is 40.1 Å². The monoisotopic (exact) mass is 370 g/mol. The van der Waals surface area contributed by atoms with E-state index in [1.807, 2.05) is 11.8 Å². The highest BCUT2D eigenvalue weighted by atomic mass is 16.2. The van der Waals surface area contributed by atoms with Crippen molar-refractivity contribution in [3.63, 3.8) is 0 Å². The molecule has 8 heteroatoms. The fourth-order valence-corrected chi connectivity index (χ4v) is 4.40. The summed E-state index contributed by atoms with van der Waals surface area (Å²) in [5, 5.41) is 4.07. The van der Waals surface area contributed by atoms with E-state index in [4.69, 9.17) is 0 Å². The molecule has 0 N–H and O–H groups in total. The molecule has 0 saturated carbocycles. The molecule has 0 spiro atoms. The van der Waals surface area contributed by atoms with Gasteiger partial charge in [-0.15, -0.1) is 0 Å². The highest BCUT2D eigenvalue weighted by molar-refractivity contribution is 5.76. The third-order valence-electron chi connectivity index (χ3n) is 5.73. The fourth-order valence-electron chi connectivity index (χ4n) is 4.40. The lowest BCUT2D eigenvalue weighted by Gasteiger charge is -2.34. The van der Waals surface area contributed by atoms with Crippen LogP contribution in [0, 0.1) is 6.92 Å². The first-order chi connectivity index (χ1) is 13.1. The largest absolute Gasteiger partial charge is 0.342 e. The molecule has 8 nitrogen and oxygen atoms in total. The smallest absolute Gasteiger partial charge is 0.276 e. The Balaban J connectivity index is 1.44. The lowest BCUT2D eigenvalue weighted by molar-refractivity contribution is -0.132. The number of carbonyl (C=O) groups is 1. The molecule has 1 saturated heterocycles. The Kier molecular flexibility index (Phi) is 5.05. The third kappa shape index (κ3) is 3.65. The van der Waals surface area contributed by atoms with Crippen molar-refractivity contribution in [1.29, 1.82) is 0 Å². The molecule has 2 aromatic rings. The Labute approximate surface area is 158 Å². The maximum atomic E-state index is 12.7. The molecule has 2 aromatic heterocycles. The maximum Gasteiger partial charge on any atom is 0.276 e. The molecule has 27 heavy (non-hydrogen) atoms. The van der Waals surface area contributed by atoms with E-state index in [0.717, 1.165) is 62.3 Å². The standard InChI is InChI=1S/C19H26N6O2/c1-14-18(25-10-3-6-16(25)22-19(14)27)15-5-2-8-23(11-15)17(26)7-4-9-24-13-20-12-21-24/h12-13,15H,2-11H2,1H3/t15-/m1/s1. The topological polar surface area (TPSA) is 85.9 Å². The van der Waals surface area contributed by atoms with Gasteiger partial charge in [0.15, 0.2) is 0 Å². The first-order valence-corrected chi connectivity index (χ1v) is 9.84. The highest BCUT2D eigenvalue weighted by Gasteiger charge is 2.30. The zero-order valence-electron chi connectivity index (χ0n) is 15.8. The number of fused-ring (bicyclic) bond motifs is 1. The molecule has 2 aliphatic heterocycles. The van der Waals surface area contributed by atoms with Crippen molar-refractivity contribution in [2.45, 2.75) is 64.5 Å². The van der Waals surface area contributed by atoms with Crippen molar-refractivity contribution in [2.75, 3.05) is 13.1 Å². The Morgan fingerprint density at radius 2 is 2.19 bits per heavy atom. The number of piperidine rings is 1. The normalized spacial score (nSPS) is 19.3. The van der Waals surface area contributed by atoms with Crippen LogP contribution in [0.5, 0.6) is 0 Å². The number of nitrogens with zero attached hydrogens (tertiary/aromatic N) is 6. The number of hydrogen-bond donors (Lipinski definition) is 0. The maximum absolute atomic E-state index is 12.7. The molecule has 0 aliphatic carbocycles. The van der Waals surface area contributed by atoms with Crippen molar-refractivity contribution >= 4 is 5.91 Å². The first-order valence-electron chi connectivity index (χ1n) is 9.84. The summed E-state index contributed by atoms with van der Waals surface area (Å²) in [5.74, 6) is 1.33. The van der Waals surface area contributed by atoms with Crippen LogP contribution in [0.25, 0.3) is 0 Å². The number of hydrogen-bond acceptors (Lipinski definition) is 5. The van der Waals surface area contributed by atoms with Crippen LogP contribution in [0.4, 0.5) is 0 Å². The molecule has 1 fully saturated rings. The van der Waals surface area contributed by atoms with E-state index in [0.29, 0.717) is 19.5 Å². The van der Waals surface area contributed by atoms with Gasteiger partial charge in [-0.25, -0.2) is 4.98 Å². The van der Waals surface area contributed by atoms with Gasteiger partial charge >= 0.3 is 0 Å². The van der Waals surface area contributed by atoms with Gasteiger partial charge in [-0.3, -0.25) is 14.3 Å². The van der Waals surface area contributed by atoms with Gasteiger partial charge in [-0.1, -0.05) is 0 Å². The molecular formula is C19H26N6O2. The van der Waals surface area contributed by atoms with Crippen molar-refractivity contribution in [2.24, 2.45) is 0 Å². The summed E-state index contributed by atoms with van der Waals surface area (Å²) in [6, 6.07) is 0. The van der Waals surface area contributed by atoms with Crippen LogP contribution >= 0.6 is 0 Å². The van der Waals surface area contributed by atoms with Crippen LogP contribution in [-0.4, -0.2) is 48.2 Å². The molecule has 144 valence electrons. The zero-order valence-corrected chi connectivity index (χ0v) is 15.8. The summed E-state index contributed by atoms with van der Waals surface area (Å²) in [6.07, 6.45) is 8.37. The van der Waals surface area contributed by atoms with Crippen LogP contribution in [0.3, 0.4) is 0 Å². The van der Waals surface area contributed by atoms with Crippen LogP contribution in [0.1, 0.15) is 55.1 Å². The number of amides is 1. The Bertz CT molecular complexity index is 873. The van der Waals surface area contributed by atoms with Gasteiger partial charge in [0.25, 0.3) is 5.56 Å². The lowest BCUT2D eigenvalue weighted by Crippen LogP contribution is -2.40. The minimum absolute atomic E-state index is 0.102. The van der Waals surface area contributed by atoms with E-state index >= 15 is 0 Å². The number of carbonyl (C=O) groups excluding carboxylic acids is 1. The van der Waals surface area contributed by atoms with Gasteiger partial charge in [0.1, 0.15) is 18.5 Å². The highest BCUT2D eigenvalue weighted by Crippen LogP contribution is 2.30. The Morgan fingerprint density at radius 3 is 3.00 bits per heavy atom. The quantitative estimate of drug-likeness (QED) is 0.791. The molecule has 1 amide bonds. The average molecular weight is 370 g/mol. The molecule has 4 heterocycles. The van der Waals surface area contributed by atoms with Gasteiger partial charge < -0.3 is 9.47 Å². The first kappa shape index (κ1) is 17.9. The predicted octanol–water partition coefficient (Wildman–Crippen LogP) is 1.28. The van der Waals surface area contributed by atoms with E-state index in [2.05, 4.69) is 19.6 Å². The molecule has 0 aromatic carbocycles. The Hall–Kier alpha value is -2.51. The second-order valence-electron chi connectivity index (χ2n) is 7.54. The molecule has 0 bridgehead atoms. The second kappa shape index (κ2) is 7.62. The summed E-state index contributed by atoms with van der Waals surface area (Å²) < 4.78 is 3.99. The Morgan fingerprint density at radius 1 is 1.30 bits per heavy atom. The van der Waals surface area contributed by atoms with Gasteiger partial charge in [-0.05, 0) is 32.6 Å². The van der Waals surface area contributed by atoms with Crippen LogP contribution in [0.15, 0.2) is 17.4 Å². The van der Waals surface area contributed by atoms with E-state index in [-0.39, 0.29) is 17.4 Å². The number of aryl methyl sites for hydroxylation is 2. The summed E-state index contributed by atoms with van der Waals surface area (Å²) in [4.78, 5) is 35.1. The van der Waals surface area contributed by atoms with E-state index < -0.39 is 0 Å². The zero-order chi connectivity index (χ0) is 18.8. The van der Waals surface area contributed by atoms with Gasteiger partial charge in [0.2, 0.25) is 5.91 Å².